The highest BCUT2D eigenvalue weighted by atomic mass is 16.2. The summed E-state index contributed by atoms with van der Waals surface area (Å²) in [7, 11) is 1.94. The first-order valence-electron chi connectivity index (χ1n) is 10.6. The minimum atomic E-state index is 0.111. The van der Waals surface area contributed by atoms with Crippen molar-refractivity contribution in [2.24, 2.45) is 0 Å². The summed E-state index contributed by atoms with van der Waals surface area (Å²) in [5, 5.41) is 11.9. The van der Waals surface area contributed by atoms with Gasteiger partial charge in [0, 0.05) is 30.1 Å². The summed E-state index contributed by atoms with van der Waals surface area (Å²) >= 11 is 0. The Balaban J connectivity index is 1.47. The number of hydrogen-bond donors (Lipinski definition) is 2. The molecule has 4 rings (SSSR count). The van der Waals surface area contributed by atoms with E-state index in [2.05, 4.69) is 53.6 Å². The molecule has 1 aliphatic rings. The number of nitrogens with zero attached hydrogens (tertiary/aromatic N) is 2. The Kier molecular flexibility index (Phi) is 5.67. The van der Waals surface area contributed by atoms with Crippen molar-refractivity contribution in [2.45, 2.75) is 51.6 Å². The number of aromatic nitrogens is 2. The second kappa shape index (κ2) is 8.37. The first-order valence-corrected chi connectivity index (χ1v) is 10.6. The van der Waals surface area contributed by atoms with Crippen molar-refractivity contribution >= 4 is 16.8 Å². The fourth-order valence-corrected chi connectivity index (χ4v) is 4.48. The van der Waals surface area contributed by atoms with Gasteiger partial charge in [0.2, 0.25) is 0 Å². The molecule has 0 unspecified atom stereocenters. The normalized spacial score (nSPS) is 19.0. The fraction of sp³-hybridized carbons (Fsp3) is 0.417. The predicted octanol–water partition coefficient (Wildman–Crippen LogP) is 4.53. The smallest absolute Gasteiger partial charge is 0.253 e. The van der Waals surface area contributed by atoms with Crippen LogP contribution < -0.4 is 5.32 Å². The molecule has 5 nitrogen and oxygen atoms in total. The lowest BCUT2D eigenvalue weighted by Crippen LogP contribution is -2.37. The SMILES string of the molecule is CCCN[C@H]1CC[C@@H](N(C)C(=O)c2ccc(-c3ccc4[nH]ncc4c3C)cc2)C1. The highest BCUT2D eigenvalue weighted by Gasteiger charge is 2.29. The zero-order valence-electron chi connectivity index (χ0n) is 17.5. The molecule has 3 aromatic rings. The minimum Gasteiger partial charge on any atom is -0.339 e. The van der Waals surface area contributed by atoms with E-state index < -0.39 is 0 Å². The number of carbonyl (C=O) groups excluding carboxylic acids is 1. The van der Waals surface area contributed by atoms with Crippen LogP contribution >= 0.6 is 0 Å². The van der Waals surface area contributed by atoms with E-state index in [1.54, 1.807) is 0 Å². The Hall–Kier alpha value is -2.66. The second-order valence-electron chi connectivity index (χ2n) is 8.18. The Morgan fingerprint density at radius 3 is 2.76 bits per heavy atom. The highest BCUT2D eigenvalue weighted by molar-refractivity contribution is 5.95. The summed E-state index contributed by atoms with van der Waals surface area (Å²) in [5.41, 5.74) is 5.29. The molecule has 1 amide bonds. The molecular formula is C24H30N4O. The van der Waals surface area contributed by atoms with Crippen LogP contribution in [0, 0.1) is 6.92 Å². The van der Waals surface area contributed by atoms with Crippen LogP contribution in [-0.2, 0) is 0 Å². The number of hydrogen-bond acceptors (Lipinski definition) is 3. The van der Waals surface area contributed by atoms with E-state index >= 15 is 0 Å². The van der Waals surface area contributed by atoms with Crippen LogP contribution in [0.15, 0.2) is 42.6 Å². The largest absolute Gasteiger partial charge is 0.339 e. The van der Waals surface area contributed by atoms with E-state index in [-0.39, 0.29) is 5.91 Å². The van der Waals surface area contributed by atoms with Gasteiger partial charge < -0.3 is 10.2 Å². The van der Waals surface area contributed by atoms with Crippen molar-refractivity contribution in [3.63, 3.8) is 0 Å². The monoisotopic (exact) mass is 390 g/mol. The Morgan fingerprint density at radius 1 is 1.21 bits per heavy atom. The van der Waals surface area contributed by atoms with Gasteiger partial charge in [0.15, 0.2) is 0 Å². The van der Waals surface area contributed by atoms with Crippen LogP contribution in [0.2, 0.25) is 0 Å². The topological polar surface area (TPSA) is 61.0 Å². The molecule has 5 heteroatoms. The first kappa shape index (κ1) is 19.6. The molecular weight excluding hydrogens is 360 g/mol. The number of amides is 1. The molecule has 1 aliphatic carbocycles. The lowest BCUT2D eigenvalue weighted by atomic mass is 9.97. The Labute approximate surface area is 172 Å². The Bertz CT molecular complexity index is 992. The van der Waals surface area contributed by atoms with Gasteiger partial charge in [-0.25, -0.2) is 0 Å². The molecule has 2 aromatic carbocycles. The minimum absolute atomic E-state index is 0.111. The number of rotatable bonds is 6. The molecule has 2 N–H and O–H groups in total. The molecule has 1 heterocycles. The van der Waals surface area contributed by atoms with Crippen LogP contribution in [-0.4, -0.2) is 46.7 Å². The van der Waals surface area contributed by atoms with Gasteiger partial charge in [0.25, 0.3) is 5.91 Å². The average Bonchev–Trinajstić information content (AvgIpc) is 3.41. The third kappa shape index (κ3) is 3.92. The van der Waals surface area contributed by atoms with Crippen LogP contribution in [0.1, 0.15) is 48.5 Å². The number of carbonyl (C=O) groups is 1. The number of aryl methyl sites for hydroxylation is 1. The van der Waals surface area contributed by atoms with E-state index in [0.717, 1.165) is 54.3 Å². The fourth-order valence-electron chi connectivity index (χ4n) is 4.48. The van der Waals surface area contributed by atoms with Crippen molar-refractivity contribution in [1.82, 2.24) is 20.4 Å². The number of aromatic amines is 1. The molecule has 0 aliphatic heterocycles. The van der Waals surface area contributed by atoms with Crippen LogP contribution in [0.3, 0.4) is 0 Å². The van der Waals surface area contributed by atoms with Crippen molar-refractivity contribution in [3.05, 3.63) is 53.7 Å². The number of benzene rings is 2. The molecule has 0 spiro atoms. The molecule has 0 radical (unpaired) electrons. The van der Waals surface area contributed by atoms with E-state index in [0.29, 0.717) is 12.1 Å². The molecule has 1 fully saturated rings. The standard InChI is InChI=1S/C24H30N4O/c1-4-13-25-19-9-10-20(14-19)28(3)24(29)18-7-5-17(6-8-18)21-11-12-23-22(16(21)2)15-26-27-23/h5-8,11-12,15,19-20,25H,4,9-10,13-14H2,1-3H3,(H,26,27)/t19-,20+/m0/s1. The van der Waals surface area contributed by atoms with E-state index in [1.807, 2.05) is 30.3 Å². The maximum atomic E-state index is 13.0. The third-order valence-corrected chi connectivity index (χ3v) is 6.29. The van der Waals surface area contributed by atoms with Crippen molar-refractivity contribution < 1.29 is 4.79 Å². The number of nitrogens with one attached hydrogen (secondary N) is 2. The van der Waals surface area contributed by atoms with Gasteiger partial charge in [-0.3, -0.25) is 9.89 Å². The number of fused-ring (bicyclic) bond motifs is 1. The molecule has 152 valence electrons. The quantitative estimate of drug-likeness (QED) is 0.650. The third-order valence-electron chi connectivity index (χ3n) is 6.29. The average molecular weight is 391 g/mol. The highest BCUT2D eigenvalue weighted by Crippen LogP contribution is 2.30. The molecule has 1 aromatic heterocycles. The van der Waals surface area contributed by atoms with Crippen molar-refractivity contribution in [3.8, 4) is 11.1 Å². The summed E-state index contributed by atoms with van der Waals surface area (Å²) in [4.78, 5) is 14.9. The first-order chi connectivity index (χ1) is 14.1. The van der Waals surface area contributed by atoms with E-state index in [1.165, 1.54) is 11.1 Å². The van der Waals surface area contributed by atoms with Crippen LogP contribution in [0.25, 0.3) is 22.0 Å². The van der Waals surface area contributed by atoms with Crippen molar-refractivity contribution in [2.75, 3.05) is 13.6 Å². The maximum absolute atomic E-state index is 13.0. The summed E-state index contributed by atoms with van der Waals surface area (Å²) in [6.07, 6.45) is 6.29. The van der Waals surface area contributed by atoms with E-state index in [9.17, 15) is 4.79 Å². The Morgan fingerprint density at radius 2 is 2.00 bits per heavy atom. The van der Waals surface area contributed by atoms with Gasteiger partial charge in [-0.1, -0.05) is 25.1 Å². The van der Waals surface area contributed by atoms with Gasteiger partial charge in [-0.05, 0) is 74.0 Å². The predicted molar refractivity (Wildman–Crippen MR) is 118 cm³/mol. The van der Waals surface area contributed by atoms with Gasteiger partial charge in [0.1, 0.15) is 0 Å². The molecule has 0 bridgehead atoms. The molecule has 0 saturated heterocycles. The zero-order chi connectivity index (χ0) is 20.4. The second-order valence-corrected chi connectivity index (χ2v) is 8.18. The van der Waals surface area contributed by atoms with Gasteiger partial charge in [0.05, 0.1) is 11.7 Å². The van der Waals surface area contributed by atoms with Crippen molar-refractivity contribution in [1.29, 1.82) is 0 Å². The number of H-pyrrole nitrogens is 1. The molecule has 2 atom stereocenters. The van der Waals surface area contributed by atoms with Crippen LogP contribution in [0.4, 0.5) is 0 Å². The van der Waals surface area contributed by atoms with Gasteiger partial charge in [-0.2, -0.15) is 5.10 Å². The van der Waals surface area contributed by atoms with Gasteiger partial charge in [-0.15, -0.1) is 0 Å². The van der Waals surface area contributed by atoms with Crippen LogP contribution in [0.5, 0.6) is 0 Å². The zero-order valence-corrected chi connectivity index (χ0v) is 17.5. The lowest BCUT2D eigenvalue weighted by Gasteiger charge is -2.25. The summed E-state index contributed by atoms with van der Waals surface area (Å²) in [5.74, 6) is 0.111. The maximum Gasteiger partial charge on any atom is 0.253 e. The molecule has 1 saturated carbocycles. The summed E-state index contributed by atoms with van der Waals surface area (Å²) in [6.45, 7) is 5.36. The van der Waals surface area contributed by atoms with Gasteiger partial charge >= 0.3 is 0 Å². The van der Waals surface area contributed by atoms with E-state index in [4.69, 9.17) is 0 Å². The molecule has 29 heavy (non-hydrogen) atoms. The summed E-state index contributed by atoms with van der Waals surface area (Å²) in [6, 6.07) is 13.0. The summed E-state index contributed by atoms with van der Waals surface area (Å²) < 4.78 is 0. The lowest BCUT2D eigenvalue weighted by molar-refractivity contribution is 0.0733.